The fraction of sp³-hybridized carbons (Fsp3) is 0.214. The van der Waals surface area contributed by atoms with Gasteiger partial charge in [-0.05, 0) is 42.5 Å². The highest BCUT2D eigenvalue weighted by Crippen LogP contribution is 2.41. The van der Waals surface area contributed by atoms with E-state index >= 15 is 0 Å². The Morgan fingerprint density at radius 1 is 1.11 bits per heavy atom. The molecule has 3 N–H and O–H groups in total. The number of nitrogens with one attached hydrogen (secondary N) is 1. The molecule has 2 aromatic rings. The maximum Gasteiger partial charge on any atom is 0.221 e. The third-order valence-corrected chi connectivity index (χ3v) is 2.83. The number of hydrogen-bond donors (Lipinski definition) is 3. The van der Waals surface area contributed by atoms with Crippen LogP contribution in [0.2, 0.25) is 0 Å². The molecule has 18 heavy (non-hydrogen) atoms. The van der Waals surface area contributed by atoms with Gasteiger partial charge in [0.05, 0.1) is 11.1 Å². The van der Waals surface area contributed by atoms with E-state index in [1.165, 1.54) is 6.92 Å². The van der Waals surface area contributed by atoms with Gasteiger partial charge in [-0.25, -0.2) is 0 Å². The van der Waals surface area contributed by atoms with Crippen LogP contribution in [0.15, 0.2) is 18.2 Å². The molecule has 0 saturated heterocycles. The number of amides is 1. The molecule has 0 aliphatic rings. The van der Waals surface area contributed by atoms with Crippen molar-refractivity contribution in [3.05, 3.63) is 29.3 Å². The van der Waals surface area contributed by atoms with Crippen LogP contribution < -0.4 is 5.32 Å². The standard InChI is InChI=1S/C14H15NO3/c1-7-4-10-6-8(2)13(17)14(18)12(10)11(5-7)15-9(3)16/h4-6,17-18H,1-3H3,(H,15,16). The number of aromatic hydroxyl groups is 2. The van der Waals surface area contributed by atoms with Crippen molar-refractivity contribution in [3.8, 4) is 11.5 Å². The van der Waals surface area contributed by atoms with Crippen LogP contribution in [-0.2, 0) is 4.79 Å². The summed E-state index contributed by atoms with van der Waals surface area (Å²) in [4.78, 5) is 11.2. The molecule has 0 fully saturated rings. The maximum atomic E-state index is 11.2. The molecule has 2 aromatic carbocycles. The molecule has 94 valence electrons. The SMILES string of the molecule is CC(=O)Nc1cc(C)cc2cc(C)c(O)c(O)c12. The second kappa shape index (κ2) is 4.22. The van der Waals surface area contributed by atoms with Gasteiger partial charge in [0.2, 0.25) is 5.91 Å². The zero-order valence-electron chi connectivity index (χ0n) is 10.5. The third-order valence-electron chi connectivity index (χ3n) is 2.83. The first-order valence-corrected chi connectivity index (χ1v) is 5.63. The maximum absolute atomic E-state index is 11.2. The van der Waals surface area contributed by atoms with Crippen LogP contribution in [0.25, 0.3) is 10.8 Å². The van der Waals surface area contributed by atoms with Gasteiger partial charge in [0.1, 0.15) is 0 Å². The molecule has 0 aliphatic heterocycles. The van der Waals surface area contributed by atoms with E-state index in [2.05, 4.69) is 5.32 Å². The minimum atomic E-state index is -0.221. The summed E-state index contributed by atoms with van der Waals surface area (Å²) in [6, 6.07) is 5.44. The number of carbonyl (C=O) groups is 1. The summed E-state index contributed by atoms with van der Waals surface area (Å²) in [5.74, 6) is -0.576. The van der Waals surface area contributed by atoms with E-state index in [-0.39, 0.29) is 17.4 Å². The van der Waals surface area contributed by atoms with Crippen LogP contribution in [0, 0.1) is 13.8 Å². The molecule has 0 spiro atoms. The van der Waals surface area contributed by atoms with Gasteiger partial charge in [-0.15, -0.1) is 0 Å². The fourth-order valence-electron chi connectivity index (χ4n) is 2.09. The summed E-state index contributed by atoms with van der Waals surface area (Å²) in [6.45, 7) is 5.03. The monoisotopic (exact) mass is 245 g/mol. The van der Waals surface area contributed by atoms with Gasteiger partial charge < -0.3 is 15.5 Å². The Kier molecular flexibility index (Phi) is 2.87. The lowest BCUT2D eigenvalue weighted by atomic mass is 10.0. The Hall–Kier alpha value is -2.23. The molecule has 1 amide bonds. The molecular weight excluding hydrogens is 230 g/mol. The zero-order valence-corrected chi connectivity index (χ0v) is 10.5. The molecule has 0 unspecified atom stereocenters. The Morgan fingerprint density at radius 3 is 2.39 bits per heavy atom. The second-order valence-electron chi connectivity index (χ2n) is 4.48. The van der Waals surface area contributed by atoms with Crippen molar-refractivity contribution in [3.63, 3.8) is 0 Å². The summed E-state index contributed by atoms with van der Waals surface area (Å²) in [6.07, 6.45) is 0. The molecule has 0 bridgehead atoms. The minimum absolute atomic E-state index is 0.155. The van der Waals surface area contributed by atoms with Crippen molar-refractivity contribution in [2.75, 3.05) is 5.32 Å². The van der Waals surface area contributed by atoms with Crippen molar-refractivity contribution in [2.24, 2.45) is 0 Å². The molecule has 0 atom stereocenters. The van der Waals surface area contributed by atoms with Crippen molar-refractivity contribution < 1.29 is 15.0 Å². The molecule has 2 rings (SSSR count). The summed E-state index contributed by atoms with van der Waals surface area (Å²) in [7, 11) is 0. The molecule has 0 radical (unpaired) electrons. The molecular formula is C14H15NO3. The number of benzene rings is 2. The van der Waals surface area contributed by atoms with Crippen LogP contribution in [0.3, 0.4) is 0 Å². The van der Waals surface area contributed by atoms with E-state index in [4.69, 9.17) is 0 Å². The number of aryl methyl sites for hydroxylation is 2. The van der Waals surface area contributed by atoms with Crippen LogP contribution in [-0.4, -0.2) is 16.1 Å². The van der Waals surface area contributed by atoms with Crippen molar-refractivity contribution >= 4 is 22.4 Å². The Bertz CT molecular complexity index is 647. The van der Waals surface area contributed by atoms with Gasteiger partial charge in [0.15, 0.2) is 11.5 Å². The first-order chi connectivity index (χ1) is 8.40. The van der Waals surface area contributed by atoms with Crippen molar-refractivity contribution in [2.45, 2.75) is 20.8 Å². The fourth-order valence-corrected chi connectivity index (χ4v) is 2.09. The van der Waals surface area contributed by atoms with Gasteiger partial charge in [-0.2, -0.15) is 0 Å². The summed E-state index contributed by atoms with van der Waals surface area (Å²) in [5, 5.41) is 23.7. The minimum Gasteiger partial charge on any atom is -0.504 e. The zero-order chi connectivity index (χ0) is 13.4. The summed E-state index contributed by atoms with van der Waals surface area (Å²) >= 11 is 0. The number of hydrogen-bond acceptors (Lipinski definition) is 3. The average Bonchev–Trinajstić information content (AvgIpc) is 2.24. The highest BCUT2D eigenvalue weighted by molar-refractivity contribution is 6.06. The molecule has 0 aromatic heterocycles. The Labute approximate surface area is 105 Å². The van der Waals surface area contributed by atoms with E-state index in [1.807, 2.05) is 13.0 Å². The lowest BCUT2D eigenvalue weighted by molar-refractivity contribution is -0.114. The normalized spacial score (nSPS) is 10.6. The average molecular weight is 245 g/mol. The highest BCUT2D eigenvalue weighted by Gasteiger charge is 2.14. The smallest absolute Gasteiger partial charge is 0.221 e. The quantitative estimate of drug-likeness (QED) is 0.676. The van der Waals surface area contributed by atoms with Gasteiger partial charge >= 0.3 is 0 Å². The summed E-state index contributed by atoms with van der Waals surface area (Å²) < 4.78 is 0. The van der Waals surface area contributed by atoms with Crippen LogP contribution in [0.4, 0.5) is 5.69 Å². The third kappa shape index (κ3) is 1.97. The number of phenols is 2. The second-order valence-corrected chi connectivity index (χ2v) is 4.48. The number of anilines is 1. The number of phenolic OH excluding ortho intramolecular Hbond substituents is 2. The number of rotatable bonds is 1. The van der Waals surface area contributed by atoms with Crippen molar-refractivity contribution in [1.82, 2.24) is 0 Å². The molecule has 0 saturated carbocycles. The number of fused-ring (bicyclic) bond motifs is 1. The first-order valence-electron chi connectivity index (χ1n) is 5.63. The van der Waals surface area contributed by atoms with Crippen LogP contribution >= 0.6 is 0 Å². The summed E-state index contributed by atoms with van der Waals surface area (Å²) in [5.41, 5.74) is 2.07. The van der Waals surface area contributed by atoms with Gasteiger partial charge in [0, 0.05) is 6.92 Å². The number of carbonyl (C=O) groups excluding carboxylic acids is 1. The largest absolute Gasteiger partial charge is 0.504 e. The van der Waals surface area contributed by atoms with Gasteiger partial charge in [-0.1, -0.05) is 6.07 Å². The molecule has 4 nitrogen and oxygen atoms in total. The van der Waals surface area contributed by atoms with E-state index in [1.54, 1.807) is 19.1 Å². The topological polar surface area (TPSA) is 69.6 Å². The molecule has 0 heterocycles. The Morgan fingerprint density at radius 2 is 1.78 bits per heavy atom. The van der Waals surface area contributed by atoms with E-state index < -0.39 is 0 Å². The van der Waals surface area contributed by atoms with Crippen LogP contribution in [0.1, 0.15) is 18.1 Å². The van der Waals surface area contributed by atoms with Gasteiger partial charge in [-0.3, -0.25) is 4.79 Å². The Balaban J connectivity index is 2.84. The predicted octanol–water partition coefficient (Wildman–Crippen LogP) is 2.83. The van der Waals surface area contributed by atoms with Crippen molar-refractivity contribution in [1.29, 1.82) is 0 Å². The first kappa shape index (κ1) is 12.2. The van der Waals surface area contributed by atoms with E-state index in [0.29, 0.717) is 16.6 Å². The highest BCUT2D eigenvalue weighted by atomic mass is 16.3. The predicted molar refractivity (Wildman–Crippen MR) is 71.1 cm³/mol. The lowest BCUT2D eigenvalue weighted by Gasteiger charge is -2.13. The van der Waals surface area contributed by atoms with Gasteiger partial charge in [0.25, 0.3) is 0 Å². The molecule has 0 aliphatic carbocycles. The van der Waals surface area contributed by atoms with Crippen LogP contribution in [0.5, 0.6) is 11.5 Å². The molecule has 4 heteroatoms. The van der Waals surface area contributed by atoms with E-state index in [9.17, 15) is 15.0 Å². The van der Waals surface area contributed by atoms with E-state index in [0.717, 1.165) is 10.9 Å². The lowest BCUT2D eigenvalue weighted by Crippen LogP contribution is -2.06.